The third kappa shape index (κ3) is 1.98. The summed E-state index contributed by atoms with van der Waals surface area (Å²) in [4.78, 5) is 15.0. The first-order chi connectivity index (χ1) is 7.70. The first-order valence-electron chi connectivity index (χ1n) is 4.80. The number of hydrogen-bond acceptors (Lipinski definition) is 6. The molecule has 7 nitrogen and oxygen atoms in total. The van der Waals surface area contributed by atoms with Crippen molar-refractivity contribution in [2.75, 3.05) is 6.54 Å². The summed E-state index contributed by atoms with van der Waals surface area (Å²) in [5, 5.41) is 9.86. The molecule has 0 saturated heterocycles. The lowest BCUT2D eigenvalue weighted by Gasteiger charge is -1.98. The molecule has 2 rings (SSSR count). The minimum absolute atomic E-state index is 0.0280. The molecule has 2 aromatic heterocycles. The second kappa shape index (κ2) is 4.23. The molecule has 0 aromatic carbocycles. The monoisotopic (exact) mass is 221 g/mol. The normalized spacial score (nSPS) is 12.6. The molecule has 7 heteroatoms. The summed E-state index contributed by atoms with van der Waals surface area (Å²) in [7, 11) is 0. The van der Waals surface area contributed by atoms with Gasteiger partial charge in [0.2, 0.25) is 0 Å². The van der Waals surface area contributed by atoms with Crippen molar-refractivity contribution in [1.29, 1.82) is 0 Å². The molecule has 0 spiro atoms. The van der Waals surface area contributed by atoms with Crippen LogP contribution in [-0.2, 0) is 0 Å². The van der Waals surface area contributed by atoms with Crippen LogP contribution in [0.5, 0.6) is 0 Å². The average molecular weight is 221 g/mol. The average Bonchev–Trinajstić information content (AvgIpc) is 2.78. The van der Waals surface area contributed by atoms with Crippen molar-refractivity contribution in [3.63, 3.8) is 0 Å². The van der Waals surface area contributed by atoms with Crippen LogP contribution in [0.2, 0.25) is 0 Å². The van der Waals surface area contributed by atoms with E-state index in [1.807, 2.05) is 6.92 Å². The van der Waals surface area contributed by atoms with Gasteiger partial charge in [-0.1, -0.05) is 12.1 Å². The molecule has 0 saturated carbocycles. The predicted molar refractivity (Wildman–Crippen MR) is 55.6 cm³/mol. The molecule has 1 unspecified atom stereocenters. The number of aromatic amines is 1. The first-order valence-corrected chi connectivity index (χ1v) is 4.80. The summed E-state index contributed by atoms with van der Waals surface area (Å²) in [5.41, 5.74) is 5.64. The standard InChI is InChI=1S/C9H11N5O2/c1-5(4-10)8-11-9(16-14-8)6-2-3-7(15)13-12-6/h2-3,5H,4,10H2,1H3,(H,13,15). The Morgan fingerprint density at radius 3 is 3.00 bits per heavy atom. The van der Waals surface area contributed by atoms with Crippen molar-refractivity contribution in [2.45, 2.75) is 12.8 Å². The highest BCUT2D eigenvalue weighted by molar-refractivity contribution is 5.44. The van der Waals surface area contributed by atoms with Crippen molar-refractivity contribution >= 4 is 0 Å². The van der Waals surface area contributed by atoms with E-state index < -0.39 is 0 Å². The third-order valence-corrected chi connectivity index (χ3v) is 2.13. The lowest BCUT2D eigenvalue weighted by molar-refractivity contribution is 0.416. The van der Waals surface area contributed by atoms with E-state index in [0.29, 0.717) is 18.1 Å². The highest BCUT2D eigenvalue weighted by Gasteiger charge is 2.14. The van der Waals surface area contributed by atoms with Crippen LogP contribution in [0.3, 0.4) is 0 Å². The fraction of sp³-hybridized carbons (Fsp3) is 0.333. The van der Waals surface area contributed by atoms with Gasteiger partial charge in [-0.2, -0.15) is 10.1 Å². The maximum Gasteiger partial charge on any atom is 0.278 e. The van der Waals surface area contributed by atoms with Crippen LogP contribution in [0.25, 0.3) is 11.6 Å². The number of H-pyrrole nitrogens is 1. The topological polar surface area (TPSA) is 111 Å². The SMILES string of the molecule is CC(CN)c1noc(-c2ccc(=O)[nH]n2)n1. The Kier molecular flexibility index (Phi) is 2.78. The quantitative estimate of drug-likeness (QED) is 0.747. The zero-order valence-corrected chi connectivity index (χ0v) is 8.67. The third-order valence-electron chi connectivity index (χ3n) is 2.13. The van der Waals surface area contributed by atoms with Crippen molar-refractivity contribution in [3.8, 4) is 11.6 Å². The number of aromatic nitrogens is 4. The van der Waals surface area contributed by atoms with Crippen LogP contribution in [0.1, 0.15) is 18.7 Å². The van der Waals surface area contributed by atoms with Crippen molar-refractivity contribution in [3.05, 3.63) is 28.3 Å². The minimum Gasteiger partial charge on any atom is -0.332 e. The van der Waals surface area contributed by atoms with Crippen molar-refractivity contribution in [1.82, 2.24) is 20.3 Å². The summed E-state index contributed by atoms with van der Waals surface area (Å²) >= 11 is 0. The maximum atomic E-state index is 10.8. The Balaban J connectivity index is 2.31. The fourth-order valence-electron chi connectivity index (χ4n) is 1.11. The molecule has 0 fully saturated rings. The van der Waals surface area contributed by atoms with E-state index in [4.69, 9.17) is 10.3 Å². The highest BCUT2D eigenvalue weighted by Crippen LogP contribution is 2.16. The van der Waals surface area contributed by atoms with E-state index in [9.17, 15) is 4.79 Å². The molecule has 0 aliphatic rings. The van der Waals surface area contributed by atoms with Crippen molar-refractivity contribution < 1.29 is 4.52 Å². The van der Waals surface area contributed by atoms with Gasteiger partial charge in [0, 0.05) is 18.5 Å². The molecular weight excluding hydrogens is 210 g/mol. The van der Waals surface area contributed by atoms with Gasteiger partial charge < -0.3 is 10.3 Å². The molecule has 2 heterocycles. The number of nitrogens with two attached hydrogens (primary N) is 1. The minimum atomic E-state index is -0.279. The summed E-state index contributed by atoms with van der Waals surface area (Å²) in [5.74, 6) is 0.831. The van der Waals surface area contributed by atoms with Gasteiger partial charge in [0.05, 0.1) is 0 Å². The van der Waals surface area contributed by atoms with Crippen LogP contribution < -0.4 is 11.3 Å². The van der Waals surface area contributed by atoms with Gasteiger partial charge in [-0.05, 0) is 6.07 Å². The van der Waals surface area contributed by atoms with Gasteiger partial charge >= 0.3 is 0 Å². The predicted octanol–water partition coefficient (Wildman–Crippen LogP) is -0.118. The van der Waals surface area contributed by atoms with Crippen LogP contribution in [0.15, 0.2) is 21.5 Å². The highest BCUT2D eigenvalue weighted by atomic mass is 16.5. The smallest absolute Gasteiger partial charge is 0.278 e. The molecule has 3 N–H and O–H groups in total. The molecule has 0 aliphatic heterocycles. The number of nitrogens with one attached hydrogen (secondary N) is 1. The molecule has 0 radical (unpaired) electrons. The maximum absolute atomic E-state index is 10.8. The van der Waals surface area contributed by atoms with Gasteiger partial charge in [-0.15, -0.1) is 0 Å². The van der Waals surface area contributed by atoms with Crippen LogP contribution in [-0.4, -0.2) is 26.9 Å². The van der Waals surface area contributed by atoms with Gasteiger partial charge in [-0.25, -0.2) is 5.10 Å². The molecule has 16 heavy (non-hydrogen) atoms. The zero-order chi connectivity index (χ0) is 11.5. The molecular formula is C9H11N5O2. The summed E-state index contributed by atoms with van der Waals surface area (Å²) in [6, 6.07) is 2.86. The Hall–Kier alpha value is -2.02. The second-order valence-electron chi connectivity index (χ2n) is 3.40. The summed E-state index contributed by atoms with van der Waals surface area (Å²) in [6.07, 6.45) is 0. The lowest BCUT2D eigenvalue weighted by atomic mass is 10.2. The Morgan fingerprint density at radius 2 is 2.38 bits per heavy atom. The van der Waals surface area contributed by atoms with Gasteiger partial charge in [0.25, 0.3) is 11.4 Å². The Bertz CT molecular complexity index is 512. The molecule has 1 atom stereocenters. The molecule has 0 aliphatic carbocycles. The van der Waals surface area contributed by atoms with E-state index in [0.717, 1.165) is 0 Å². The van der Waals surface area contributed by atoms with E-state index in [1.165, 1.54) is 12.1 Å². The van der Waals surface area contributed by atoms with Crippen molar-refractivity contribution in [2.24, 2.45) is 5.73 Å². The van der Waals surface area contributed by atoms with E-state index in [1.54, 1.807) is 0 Å². The largest absolute Gasteiger partial charge is 0.332 e. The van der Waals surface area contributed by atoms with E-state index in [-0.39, 0.29) is 17.4 Å². The molecule has 84 valence electrons. The molecule has 0 bridgehead atoms. The van der Waals surface area contributed by atoms with E-state index >= 15 is 0 Å². The lowest BCUT2D eigenvalue weighted by Crippen LogP contribution is -2.10. The fourth-order valence-corrected chi connectivity index (χ4v) is 1.11. The molecule has 0 amide bonds. The van der Waals surface area contributed by atoms with Crippen LogP contribution in [0.4, 0.5) is 0 Å². The number of hydrogen-bond donors (Lipinski definition) is 2. The summed E-state index contributed by atoms with van der Waals surface area (Å²) < 4.78 is 5.01. The second-order valence-corrected chi connectivity index (χ2v) is 3.40. The van der Waals surface area contributed by atoms with Gasteiger partial charge in [-0.3, -0.25) is 4.79 Å². The summed E-state index contributed by atoms with van der Waals surface area (Å²) in [6.45, 7) is 2.34. The van der Waals surface area contributed by atoms with Gasteiger partial charge in [0.15, 0.2) is 5.82 Å². The van der Waals surface area contributed by atoms with Crippen LogP contribution >= 0.6 is 0 Å². The first kappa shape index (κ1) is 10.5. The zero-order valence-electron chi connectivity index (χ0n) is 8.67. The number of rotatable bonds is 3. The van der Waals surface area contributed by atoms with E-state index in [2.05, 4.69) is 20.3 Å². The molecule has 2 aromatic rings. The van der Waals surface area contributed by atoms with Crippen LogP contribution in [0, 0.1) is 0 Å². The van der Waals surface area contributed by atoms with Gasteiger partial charge in [0.1, 0.15) is 5.69 Å². The Labute approximate surface area is 90.7 Å². The Morgan fingerprint density at radius 1 is 1.56 bits per heavy atom. The number of nitrogens with zero attached hydrogens (tertiary/aromatic N) is 3.